The maximum absolute atomic E-state index is 12.3. The van der Waals surface area contributed by atoms with E-state index in [0.717, 1.165) is 38.8 Å². The molecule has 33 heavy (non-hydrogen) atoms. The molecule has 1 radical (unpaired) electrons. The summed E-state index contributed by atoms with van der Waals surface area (Å²) in [6, 6.07) is 0.385. The maximum Gasteiger partial charge on any atom is 0.319 e. The highest BCUT2D eigenvalue weighted by Crippen LogP contribution is 2.43. The monoisotopic (exact) mass is 465 g/mol. The van der Waals surface area contributed by atoms with Gasteiger partial charge in [-0.1, -0.05) is 0 Å². The van der Waals surface area contributed by atoms with Gasteiger partial charge in [0, 0.05) is 79.4 Å². The first-order valence-electron chi connectivity index (χ1n) is 12.0. The van der Waals surface area contributed by atoms with Crippen LogP contribution in [-0.4, -0.2) is 132 Å². The Bertz CT molecular complexity index is 730. The van der Waals surface area contributed by atoms with E-state index < -0.39 is 11.6 Å². The van der Waals surface area contributed by atoms with Crippen LogP contribution in [0.3, 0.4) is 0 Å². The zero-order chi connectivity index (χ0) is 24.3. The van der Waals surface area contributed by atoms with Crippen molar-refractivity contribution in [1.29, 1.82) is 0 Å². The molecule has 0 aromatic heterocycles. The normalized spacial score (nSPS) is 28.5. The minimum Gasteiger partial charge on any atom is -0.390 e. The Morgan fingerprint density at radius 1 is 1.24 bits per heavy atom. The Balaban J connectivity index is 1.51. The van der Waals surface area contributed by atoms with Crippen LogP contribution in [0, 0.1) is 6.42 Å². The predicted octanol–water partition coefficient (Wildman–Crippen LogP) is -0.430. The molecule has 3 N–H and O–H groups in total. The van der Waals surface area contributed by atoms with Crippen molar-refractivity contribution in [2.24, 2.45) is 5.73 Å². The number of aliphatic hydroxyl groups excluding tert-OH is 1. The number of hydrogen-bond acceptors (Lipinski definition) is 6. The first-order chi connectivity index (χ1) is 15.5. The van der Waals surface area contributed by atoms with Crippen LogP contribution >= 0.6 is 0 Å². The molecule has 0 saturated carbocycles. The molecule has 3 aliphatic heterocycles. The first-order valence-corrected chi connectivity index (χ1v) is 12.0. The van der Waals surface area contributed by atoms with Gasteiger partial charge in [0.2, 0.25) is 11.8 Å². The lowest BCUT2D eigenvalue weighted by atomic mass is 9.87. The summed E-state index contributed by atoms with van der Waals surface area (Å²) in [5, 5.41) is 10.8. The molecule has 0 aliphatic carbocycles. The van der Waals surface area contributed by atoms with Gasteiger partial charge in [-0.15, -0.1) is 0 Å². The van der Waals surface area contributed by atoms with Gasteiger partial charge in [-0.05, 0) is 38.5 Å². The standard InChI is InChI=1S/C23H41N6O4/c1-17(30)28(13-12-27-11-8-19(14-27)26(4)22(33)25(2)3)15-20(31)16-29-18-6-5-9-23(29,10-7-18)21(24)32/h5,18-20,31H,6-16H2,1-4H3,(H2,24,32)/t18-,19-,20?,23+/m1/s1. The number of fused-ring (bicyclic) bond motifs is 2. The first kappa shape index (κ1) is 25.7. The van der Waals surface area contributed by atoms with Gasteiger partial charge >= 0.3 is 6.03 Å². The van der Waals surface area contributed by atoms with Crippen LogP contribution in [0.15, 0.2) is 0 Å². The van der Waals surface area contributed by atoms with Crippen molar-refractivity contribution in [1.82, 2.24) is 24.5 Å². The lowest BCUT2D eigenvalue weighted by Gasteiger charge is -2.43. The average molecular weight is 466 g/mol. The van der Waals surface area contributed by atoms with Crippen molar-refractivity contribution < 1.29 is 19.5 Å². The minimum atomic E-state index is -0.749. The lowest BCUT2D eigenvalue weighted by Crippen LogP contribution is -2.60. The number of urea groups is 1. The van der Waals surface area contributed by atoms with Crippen LogP contribution in [0.2, 0.25) is 0 Å². The molecule has 10 heteroatoms. The van der Waals surface area contributed by atoms with Crippen LogP contribution in [-0.2, 0) is 9.59 Å². The molecular weight excluding hydrogens is 424 g/mol. The summed E-state index contributed by atoms with van der Waals surface area (Å²) in [5.74, 6) is -0.401. The molecule has 187 valence electrons. The van der Waals surface area contributed by atoms with Crippen LogP contribution < -0.4 is 5.73 Å². The minimum absolute atomic E-state index is 0.00616. The number of aliphatic hydroxyl groups is 1. The van der Waals surface area contributed by atoms with Crippen molar-refractivity contribution in [2.45, 2.75) is 62.8 Å². The highest BCUT2D eigenvalue weighted by atomic mass is 16.3. The van der Waals surface area contributed by atoms with Crippen molar-refractivity contribution >= 4 is 17.8 Å². The highest BCUT2D eigenvalue weighted by molar-refractivity contribution is 5.85. The van der Waals surface area contributed by atoms with Gasteiger partial charge < -0.3 is 25.5 Å². The van der Waals surface area contributed by atoms with Crippen LogP contribution in [0.1, 0.15) is 39.0 Å². The molecule has 0 aromatic rings. The Hall–Kier alpha value is -1.91. The van der Waals surface area contributed by atoms with E-state index in [4.69, 9.17) is 5.73 Å². The molecule has 0 spiro atoms. The molecule has 4 atom stereocenters. The molecule has 1 unspecified atom stereocenters. The second-order valence-corrected chi connectivity index (χ2v) is 10.1. The molecule has 3 aliphatic rings. The molecular formula is C23H41N6O4. The van der Waals surface area contributed by atoms with E-state index in [1.54, 1.807) is 28.8 Å². The van der Waals surface area contributed by atoms with Gasteiger partial charge in [-0.25, -0.2) is 4.79 Å². The molecule has 3 saturated heterocycles. The van der Waals surface area contributed by atoms with E-state index in [2.05, 4.69) is 16.2 Å². The van der Waals surface area contributed by atoms with Gasteiger partial charge in [-0.2, -0.15) is 0 Å². The van der Waals surface area contributed by atoms with Gasteiger partial charge in [0.05, 0.1) is 6.10 Å². The van der Waals surface area contributed by atoms with Gasteiger partial charge in [0.25, 0.3) is 0 Å². The summed E-state index contributed by atoms with van der Waals surface area (Å²) in [7, 11) is 5.33. The largest absolute Gasteiger partial charge is 0.390 e. The second kappa shape index (κ2) is 10.6. The van der Waals surface area contributed by atoms with Crippen LogP contribution in [0.5, 0.6) is 0 Å². The number of carbonyl (C=O) groups is 3. The van der Waals surface area contributed by atoms with E-state index in [-0.39, 0.29) is 36.5 Å². The number of piperidine rings is 1. The molecule has 3 rings (SSSR count). The number of amides is 4. The van der Waals surface area contributed by atoms with E-state index in [1.807, 2.05) is 7.05 Å². The van der Waals surface area contributed by atoms with Crippen LogP contribution in [0.4, 0.5) is 4.79 Å². The van der Waals surface area contributed by atoms with Crippen LogP contribution in [0.25, 0.3) is 0 Å². The van der Waals surface area contributed by atoms with Crippen molar-refractivity contribution in [2.75, 3.05) is 60.4 Å². The van der Waals surface area contributed by atoms with E-state index >= 15 is 0 Å². The number of primary amides is 1. The van der Waals surface area contributed by atoms with Gasteiger partial charge in [-0.3, -0.25) is 19.4 Å². The molecule has 10 nitrogen and oxygen atoms in total. The molecule has 0 aromatic carbocycles. The third-order valence-electron chi connectivity index (χ3n) is 7.71. The van der Waals surface area contributed by atoms with Crippen molar-refractivity contribution in [3.05, 3.63) is 6.42 Å². The highest BCUT2D eigenvalue weighted by Gasteiger charge is 2.53. The van der Waals surface area contributed by atoms with E-state index in [1.165, 1.54) is 6.92 Å². The van der Waals surface area contributed by atoms with E-state index in [0.29, 0.717) is 26.1 Å². The Kier molecular flexibility index (Phi) is 8.23. The van der Waals surface area contributed by atoms with E-state index in [9.17, 15) is 19.5 Å². The van der Waals surface area contributed by atoms with Crippen molar-refractivity contribution in [3.63, 3.8) is 0 Å². The third-order valence-corrected chi connectivity index (χ3v) is 7.71. The number of likely N-dealkylation sites (N-methyl/N-ethyl adjacent to an activating group) is 1. The number of β-amino-alcohol motifs (C(OH)–C–C–N with tert-alkyl or cyclic N) is 1. The summed E-state index contributed by atoms with van der Waals surface area (Å²) >= 11 is 0. The average Bonchev–Trinajstić information content (AvgIpc) is 3.29. The second-order valence-electron chi connectivity index (χ2n) is 10.1. The summed E-state index contributed by atoms with van der Waals surface area (Å²) in [4.78, 5) is 46.1. The quantitative estimate of drug-likeness (QED) is 0.478. The number of rotatable bonds is 9. The lowest BCUT2D eigenvalue weighted by molar-refractivity contribution is -0.134. The predicted molar refractivity (Wildman–Crippen MR) is 125 cm³/mol. The Labute approximate surface area is 197 Å². The number of carbonyl (C=O) groups excluding carboxylic acids is 3. The number of nitrogens with zero attached hydrogens (tertiary/aromatic N) is 5. The molecule has 4 amide bonds. The van der Waals surface area contributed by atoms with Gasteiger partial charge in [0.1, 0.15) is 5.54 Å². The Morgan fingerprint density at radius 3 is 2.61 bits per heavy atom. The molecule has 3 heterocycles. The number of hydrogen-bond donors (Lipinski definition) is 2. The summed E-state index contributed by atoms with van der Waals surface area (Å²) in [6.45, 7) is 4.95. The molecule has 2 bridgehead atoms. The fourth-order valence-corrected chi connectivity index (χ4v) is 5.70. The SMILES string of the molecule is CC(=O)N(CCN1CC[C@@H](N(C)C(=O)N(C)C)C1)CC(O)CN1[C@@H]2C[CH]C[C@@]1(C(N)=O)CC2. The topological polar surface area (TPSA) is 114 Å². The summed E-state index contributed by atoms with van der Waals surface area (Å²) < 4.78 is 0. The smallest absolute Gasteiger partial charge is 0.319 e. The fourth-order valence-electron chi connectivity index (χ4n) is 5.70. The summed E-state index contributed by atoms with van der Waals surface area (Å²) in [6.07, 6.45) is 5.46. The Morgan fingerprint density at radius 2 is 1.97 bits per heavy atom. The number of nitrogens with two attached hydrogens (primary N) is 1. The number of likely N-dealkylation sites (tertiary alicyclic amines) is 1. The zero-order valence-corrected chi connectivity index (χ0v) is 20.6. The summed E-state index contributed by atoms with van der Waals surface area (Å²) in [5.41, 5.74) is 5.07. The zero-order valence-electron chi connectivity index (χ0n) is 20.6. The van der Waals surface area contributed by atoms with Gasteiger partial charge in [0.15, 0.2) is 0 Å². The maximum atomic E-state index is 12.3. The third kappa shape index (κ3) is 5.60. The van der Waals surface area contributed by atoms with Crippen molar-refractivity contribution in [3.8, 4) is 0 Å². The molecule has 3 fully saturated rings. The fraction of sp³-hybridized carbons (Fsp3) is 0.826.